The van der Waals surface area contributed by atoms with E-state index in [0.717, 1.165) is 40.6 Å². The Hall–Kier alpha value is -1.79. The zero-order valence-corrected chi connectivity index (χ0v) is 17.0. The number of rotatable bonds is 6. The first-order valence-corrected chi connectivity index (χ1v) is 10.7. The van der Waals surface area contributed by atoms with Gasteiger partial charge in [0.2, 0.25) is 0 Å². The molecular formula is C22H22ClFN2OS. The quantitative estimate of drug-likeness (QED) is 0.590. The van der Waals surface area contributed by atoms with Crippen molar-refractivity contribution in [3.05, 3.63) is 86.6 Å². The van der Waals surface area contributed by atoms with Gasteiger partial charge >= 0.3 is 0 Å². The summed E-state index contributed by atoms with van der Waals surface area (Å²) < 4.78 is 18.9. The molecule has 3 nitrogen and oxygen atoms in total. The predicted molar refractivity (Wildman–Crippen MR) is 111 cm³/mol. The van der Waals surface area contributed by atoms with Gasteiger partial charge in [0.15, 0.2) is 0 Å². The minimum atomic E-state index is -0.211. The maximum atomic E-state index is 13.4. The van der Waals surface area contributed by atoms with E-state index in [1.165, 1.54) is 17.7 Å². The highest BCUT2D eigenvalue weighted by atomic mass is 35.5. The van der Waals surface area contributed by atoms with E-state index in [4.69, 9.17) is 21.3 Å². The fraction of sp³-hybridized carbons (Fsp3) is 0.318. The van der Waals surface area contributed by atoms with Gasteiger partial charge in [-0.05, 0) is 48.2 Å². The number of hydrogen-bond acceptors (Lipinski definition) is 4. The number of benzene rings is 2. The summed E-state index contributed by atoms with van der Waals surface area (Å²) in [4.78, 5) is 4.78. The summed E-state index contributed by atoms with van der Waals surface area (Å²) >= 11 is 7.63. The van der Waals surface area contributed by atoms with Crippen molar-refractivity contribution in [3.63, 3.8) is 0 Å². The van der Waals surface area contributed by atoms with Gasteiger partial charge in [-0.2, -0.15) is 0 Å². The van der Waals surface area contributed by atoms with Crippen LogP contribution in [0.5, 0.6) is 0 Å². The lowest BCUT2D eigenvalue weighted by atomic mass is 9.82. The van der Waals surface area contributed by atoms with Crippen molar-refractivity contribution in [1.29, 1.82) is 0 Å². The zero-order valence-electron chi connectivity index (χ0n) is 15.5. The average Bonchev–Trinajstić information content (AvgIpc) is 3.17. The molecular weight excluding hydrogens is 395 g/mol. The van der Waals surface area contributed by atoms with Gasteiger partial charge in [-0.25, -0.2) is 9.37 Å². The summed E-state index contributed by atoms with van der Waals surface area (Å²) in [6.45, 7) is 2.07. The van der Waals surface area contributed by atoms with Gasteiger partial charge in [0, 0.05) is 42.1 Å². The number of thiazole rings is 1. The monoisotopic (exact) mass is 416 g/mol. The molecule has 1 N–H and O–H groups in total. The maximum Gasteiger partial charge on any atom is 0.123 e. The lowest BCUT2D eigenvalue weighted by molar-refractivity contribution is 0.0356. The van der Waals surface area contributed by atoms with Crippen LogP contribution in [0.15, 0.2) is 53.9 Å². The third-order valence-corrected chi connectivity index (χ3v) is 6.37. The standard InChI is InChI=1S/C22H22ClFN2OS/c23-18-5-1-16(2-6-18)13-21-26-20(15-28-21)14-25-22(9-11-27-12-10-22)17-3-7-19(24)8-4-17/h1-8,15,25H,9-14H2. The first-order valence-electron chi connectivity index (χ1n) is 9.40. The van der Waals surface area contributed by atoms with Crippen LogP contribution >= 0.6 is 22.9 Å². The summed E-state index contributed by atoms with van der Waals surface area (Å²) in [7, 11) is 0. The molecule has 1 fully saturated rings. The van der Waals surface area contributed by atoms with Crippen molar-refractivity contribution in [2.75, 3.05) is 13.2 Å². The van der Waals surface area contributed by atoms with E-state index in [1.807, 2.05) is 36.4 Å². The molecule has 1 aliphatic heterocycles. The second-order valence-electron chi connectivity index (χ2n) is 7.09. The average molecular weight is 417 g/mol. The number of nitrogens with one attached hydrogen (secondary N) is 1. The molecule has 0 unspecified atom stereocenters. The van der Waals surface area contributed by atoms with Crippen molar-refractivity contribution in [2.45, 2.75) is 31.3 Å². The van der Waals surface area contributed by atoms with Crippen molar-refractivity contribution in [3.8, 4) is 0 Å². The molecule has 2 heterocycles. The molecule has 3 aromatic rings. The normalized spacial score (nSPS) is 16.2. The highest BCUT2D eigenvalue weighted by molar-refractivity contribution is 7.09. The highest BCUT2D eigenvalue weighted by Gasteiger charge is 2.34. The lowest BCUT2D eigenvalue weighted by Gasteiger charge is -2.38. The minimum Gasteiger partial charge on any atom is -0.381 e. The van der Waals surface area contributed by atoms with E-state index in [-0.39, 0.29) is 11.4 Å². The summed E-state index contributed by atoms with van der Waals surface area (Å²) in [5.74, 6) is -0.211. The summed E-state index contributed by atoms with van der Waals surface area (Å²) in [5.41, 5.74) is 3.13. The second kappa shape index (κ2) is 8.70. The molecule has 0 bridgehead atoms. The highest BCUT2D eigenvalue weighted by Crippen LogP contribution is 2.33. The molecule has 1 aliphatic rings. The largest absolute Gasteiger partial charge is 0.381 e. The lowest BCUT2D eigenvalue weighted by Crippen LogP contribution is -2.46. The summed E-state index contributed by atoms with van der Waals surface area (Å²) in [6.07, 6.45) is 2.53. The van der Waals surface area contributed by atoms with Gasteiger partial charge in [0.25, 0.3) is 0 Å². The van der Waals surface area contributed by atoms with Crippen LogP contribution < -0.4 is 5.32 Å². The van der Waals surface area contributed by atoms with Crippen LogP contribution in [-0.2, 0) is 23.2 Å². The number of ether oxygens (including phenoxy) is 1. The van der Waals surface area contributed by atoms with E-state index in [1.54, 1.807) is 11.3 Å². The molecule has 2 aromatic carbocycles. The van der Waals surface area contributed by atoms with Crippen molar-refractivity contribution >= 4 is 22.9 Å². The molecule has 1 aromatic heterocycles. The van der Waals surface area contributed by atoms with Crippen LogP contribution in [0.4, 0.5) is 4.39 Å². The van der Waals surface area contributed by atoms with Crippen molar-refractivity contribution < 1.29 is 9.13 Å². The molecule has 0 saturated carbocycles. The van der Waals surface area contributed by atoms with Crippen LogP contribution in [-0.4, -0.2) is 18.2 Å². The fourth-order valence-corrected chi connectivity index (χ4v) is 4.56. The first-order chi connectivity index (χ1) is 13.6. The molecule has 0 amide bonds. The smallest absolute Gasteiger partial charge is 0.123 e. The number of halogens is 2. The number of aromatic nitrogens is 1. The van der Waals surface area contributed by atoms with Crippen LogP contribution in [0, 0.1) is 5.82 Å². The van der Waals surface area contributed by atoms with E-state index in [0.29, 0.717) is 19.8 Å². The molecule has 1 saturated heterocycles. The van der Waals surface area contributed by atoms with Crippen LogP contribution in [0.3, 0.4) is 0 Å². The Morgan fingerprint density at radius 3 is 2.50 bits per heavy atom. The maximum absolute atomic E-state index is 13.4. The van der Waals surface area contributed by atoms with E-state index < -0.39 is 0 Å². The topological polar surface area (TPSA) is 34.2 Å². The summed E-state index contributed by atoms with van der Waals surface area (Å²) in [6, 6.07) is 14.7. The molecule has 0 radical (unpaired) electrons. The number of hydrogen-bond donors (Lipinski definition) is 1. The van der Waals surface area contributed by atoms with Gasteiger partial charge in [-0.1, -0.05) is 35.9 Å². The Kier molecular flexibility index (Phi) is 6.07. The molecule has 28 heavy (non-hydrogen) atoms. The molecule has 0 aliphatic carbocycles. The molecule has 6 heteroatoms. The van der Waals surface area contributed by atoms with Crippen molar-refractivity contribution in [1.82, 2.24) is 10.3 Å². The van der Waals surface area contributed by atoms with Crippen LogP contribution in [0.25, 0.3) is 0 Å². The van der Waals surface area contributed by atoms with Crippen LogP contribution in [0.2, 0.25) is 5.02 Å². The molecule has 0 spiro atoms. The van der Waals surface area contributed by atoms with Gasteiger partial charge in [0.1, 0.15) is 5.82 Å². The molecule has 0 atom stereocenters. The van der Waals surface area contributed by atoms with E-state index in [9.17, 15) is 4.39 Å². The summed E-state index contributed by atoms with van der Waals surface area (Å²) in [5, 5.41) is 7.63. The number of nitrogens with zero attached hydrogens (tertiary/aromatic N) is 1. The Bertz CT molecular complexity index is 905. The fourth-order valence-electron chi connectivity index (χ4n) is 3.60. The third-order valence-electron chi connectivity index (χ3n) is 5.22. The second-order valence-corrected chi connectivity index (χ2v) is 8.47. The minimum absolute atomic E-state index is 0.202. The van der Waals surface area contributed by atoms with Crippen LogP contribution in [0.1, 0.15) is 34.7 Å². The zero-order chi connectivity index (χ0) is 19.4. The molecule has 146 valence electrons. The van der Waals surface area contributed by atoms with Gasteiger partial charge < -0.3 is 10.1 Å². The SMILES string of the molecule is Fc1ccc(C2(NCc3csc(Cc4ccc(Cl)cc4)n3)CCOCC2)cc1. The Labute approximate surface area is 173 Å². The predicted octanol–water partition coefficient (Wildman–Crippen LogP) is 5.32. The third kappa shape index (κ3) is 4.61. The first kappa shape index (κ1) is 19.5. The van der Waals surface area contributed by atoms with Crippen molar-refractivity contribution in [2.24, 2.45) is 0 Å². The van der Waals surface area contributed by atoms with Gasteiger partial charge in [0.05, 0.1) is 10.7 Å². The Balaban J connectivity index is 1.45. The molecule has 4 rings (SSSR count). The van der Waals surface area contributed by atoms with E-state index >= 15 is 0 Å². The van der Waals surface area contributed by atoms with E-state index in [2.05, 4.69) is 10.7 Å². The van der Waals surface area contributed by atoms with Gasteiger partial charge in [-0.3, -0.25) is 0 Å². The Morgan fingerprint density at radius 1 is 1.07 bits per heavy atom. The van der Waals surface area contributed by atoms with Gasteiger partial charge in [-0.15, -0.1) is 11.3 Å². The Morgan fingerprint density at radius 2 is 1.79 bits per heavy atom.